The van der Waals surface area contributed by atoms with E-state index in [2.05, 4.69) is 20.4 Å². The van der Waals surface area contributed by atoms with Gasteiger partial charge in [0.1, 0.15) is 36.8 Å². The Morgan fingerprint density at radius 1 is 1.19 bits per heavy atom. The van der Waals surface area contributed by atoms with Crippen LogP contribution in [0.3, 0.4) is 0 Å². The number of ether oxygens (including phenoxy) is 1. The first-order valence-electron chi connectivity index (χ1n) is 10.3. The molecule has 1 saturated carbocycles. The van der Waals surface area contributed by atoms with E-state index >= 15 is 0 Å². The van der Waals surface area contributed by atoms with E-state index in [-0.39, 0.29) is 6.54 Å². The van der Waals surface area contributed by atoms with E-state index in [0.29, 0.717) is 17.7 Å². The van der Waals surface area contributed by atoms with E-state index in [4.69, 9.17) is 19.0 Å². The minimum atomic E-state index is -4.78. The maximum absolute atomic E-state index is 11.9. The highest BCUT2D eigenvalue weighted by Crippen LogP contribution is 2.55. The van der Waals surface area contributed by atoms with Gasteiger partial charge in [0, 0.05) is 6.04 Å². The lowest BCUT2D eigenvalue weighted by atomic mass is 10.0. The molecule has 3 aliphatic heterocycles. The molecular formula is C16H27N5O9P2. The third-order valence-electron chi connectivity index (χ3n) is 5.81. The van der Waals surface area contributed by atoms with E-state index in [1.165, 1.54) is 6.34 Å². The fourth-order valence-electron chi connectivity index (χ4n) is 4.31. The van der Waals surface area contributed by atoms with Crippen molar-refractivity contribution in [3.63, 3.8) is 0 Å². The smallest absolute Gasteiger partial charge is 0.340 e. The quantitative estimate of drug-likeness (QED) is 0.231. The molecular weight excluding hydrogens is 468 g/mol. The molecule has 4 rings (SSSR count). The molecule has 0 radical (unpaired) electrons. The molecule has 0 aromatic rings. The number of aliphatic hydroxyl groups is 2. The average Bonchev–Trinajstić information content (AvgIpc) is 3.41. The zero-order valence-electron chi connectivity index (χ0n) is 17.0. The fraction of sp³-hybridized carbons (Fsp3) is 0.812. The summed E-state index contributed by atoms with van der Waals surface area (Å²) in [5.41, 5.74) is 0. The van der Waals surface area contributed by atoms with Crippen LogP contribution in [0.1, 0.15) is 25.7 Å². The summed E-state index contributed by atoms with van der Waals surface area (Å²) in [7, 11) is -9.41. The van der Waals surface area contributed by atoms with Gasteiger partial charge in [0.25, 0.3) is 0 Å². The molecule has 6 N–H and O–H groups in total. The molecule has 16 heteroatoms. The number of nitrogens with one attached hydrogen (secondary N) is 1. The summed E-state index contributed by atoms with van der Waals surface area (Å²) in [5.74, 6) is -0.260. The molecule has 4 aliphatic rings. The molecule has 0 aromatic heterocycles. The molecule has 14 nitrogen and oxygen atoms in total. The van der Waals surface area contributed by atoms with Crippen molar-refractivity contribution in [2.24, 2.45) is 15.1 Å². The van der Waals surface area contributed by atoms with Gasteiger partial charge in [-0.25, -0.2) is 10.0 Å². The number of rotatable bonds is 7. The van der Waals surface area contributed by atoms with Gasteiger partial charge >= 0.3 is 15.2 Å². The van der Waals surface area contributed by atoms with Gasteiger partial charge < -0.3 is 39.5 Å². The second-order valence-corrected chi connectivity index (χ2v) is 12.3. The van der Waals surface area contributed by atoms with Crippen LogP contribution in [0.4, 0.5) is 0 Å². The van der Waals surface area contributed by atoms with Crippen molar-refractivity contribution in [3.8, 4) is 0 Å². The summed E-state index contributed by atoms with van der Waals surface area (Å²) in [6.45, 7) is -0.418. The van der Waals surface area contributed by atoms with Crippen molar-refractivity contribution in [1.82, 2.24) is 10.3 Å². The summed E-state index contributed by atoms with van der Waals surface area (Å²) in [6, 6.07) is -0.245. The minimum absolute atomic E-state index is 0.219. The summed E-state index contributed by atoms with van der Waals surface area (Å²) in [4.78, 5) is 36.1. The molecule has 6 atom stereocenters. The lowest BCUT2D eigenvalue weighted by Gasteiger charge is -2.30. The number of hydrogen-bond acceptors (Lipinski definition) is 11. The van der Waals surface area contributed by atoms with Crippen molar-refractivity contribution < 1.29 is 43.3 Å². The van der Waals surface area contributed by atoms with Crippen LogP contribution in [0.2, 0.25) is 0 Å². The number of nitrogens with zero attached hydrogens (tertiary/aromatic N) is 4. The van der Waals surface area contributed by atoms with Crippen molar-refractivity contribution >= 4 is 33.2 Å². The van der Waals surface area contributed by atoms with E-state index in [1.807, 2.05) is 0 Å². The van der Waals surface area contributed by atoms with Crippen molar-refractivity contribution in [2.75, 3.05) is 19.1 Å². The van der Waals surface area contributed by atoms with Crippen molar-refractivity contribution in [3.05, 3.63) is 0 Å². The van der Waals surface area contributed by atoms with E-state index in [1.54, 1.807) is 5.01 Å². The molecule has 0 spiro atoms. The number of amidine groups is 2. The Bertz CT molecular complexity index is 902. The van der Waals surface area contributed by atoms with Gasteiger partial charge in [-0.15, -0.1) is 0 Å². The zero-order chi connectivity index (χ0) is 23.1. The maximum atomic E-state index is 11.9. The first kappa shape index (κ1) is 23.9. The molecule has 1 saturated heterocycles. The highest BCUT2D eigenvalue weighted by Gasteiger charge is 2.51. The Kier molecular flexibility index (Phi) is 6.88. The highest BCUT2D eigenvalue weighted by atomic mass is 31.2. The van der Waals surface area contributed by atoms with E-state index in [9.17, 15) is 24.2 Å². The molecule has 180 valence electrons. The van der Waals surface area contributed by atoms with Gasteiger partial charge in [-0.1, -0.05) is 12.8 Å². The molecule has 32 heavy (non-hydrogen) atoms. The Hall–Kier alpha value is -1.21. The average molecular weight is 495 g/mol. The number of hydrazone groups is 1. The third-order valence-corrected chi connectivity index (χ3v) is 9.27. The highest BCUT2D eigenvalue weighted by molar-refractivity contribution is 7.70. The second kappa shape index (κ2) is 9.21. The topological polar surface area (TPSA) is 206 Å². The minimum Gasteiger partial charge on any atom is -0.388 e. The second-order valence-electron chi connectivity index (χ2n) is 8.27. The number of hydrogen-bond donors (Lipinski definition) is 6. The van der Waals surface area contributed by atoms with Crippen LogP contribution in [0.15, 0.2) is 15.1 Å². The monoisotopic (exact) mass is 495 g/mol. The largest absolute Gasteiger partial charge is 0.388 e. The van der Waals surface area contributed by atoms with Gasteiger partial charge in [-0.2, -0.15) is 5.10 Å². The van der Waals surface area contributed by atoms with Gasteiger partial charge in [0.05, 0.1) is 13.2 Å². The van der Waals surface area contributed by atoms with Gasteiger partial charge in [-0.05, 0) is 12.8 Å². The van der Waals surface area contributed by atoms with E-state index in [0.717, 1.165) is 25.7 Å². The molecule has 3 heterocycles. The lowest BCUT2D eigenvalue weighted by molar-refractivity contribution is -0.0394. The summed E-state index contributed by atoms with van der Waals surface area (Å²) < 4.78 is 33.3. The summed E-state index contributed by atoms with van der Waals surface area (Å²) >= 11 is 0. The standard InChI is InChI=1S/C16H27N5O9P2/c22-12-11(6-29-32(27,28)8-31(24,25)26)30-14(13(12)23)10-5-17-16-15(18-7-19-21(10)16)20-9-3-1-2-4-9/h7,9-14,22-23H,1-6,8H2,(H,27,28)(H,18,19,20)(H2,24,25,26)/t10?,11-,12-,13-,14+/m1/s1. The first-order chi connectivity index (χ1) is 15.0. The van der Waals surface area contributed by atoms with Crippen molar-refractivity contribution in [1.29, 1.82) is 0 Å². The van der Waals surface area contributed by atoms with Gasteiger partial charge in [0.15, 0.2) is 17.6 Å². The summed E-state index contributed by atoms with van der Waals surface area (Å²) in [5, 5.41) is 30.0. The van der Waals surface area contributed by atoms with Crippen LogP contribution in [0.5, 0.6) is 0 Å². The van der Waals surface area contributed by atoms with Gasteiger partial charge in [0.2, 0.25) is 0 Å². The normalized spacial score (nSPS) is 34.9. The number of fused-ring (bicyclic) bond motifs is 1. The Morgan fingerprint density at radius 3 is 2.59 bits per heavy atom. The zero-order valence-corrected chi connectivity index (χ0v) is 18.8. The van der Waals surface area contributed by atoms with Crippen LogP contribution in [0, 0.1) is 0 Å². The number of aliphatic hydroxyl groups excluding tert-OH is 2. The Morgan fingerprint density at radius 2 is 1.91 bits per heavy atom. The molecule has 0 aromatic carbocycles. The van der Waals surface area contributed by atoms with Crippen LogP contribution in [-0.4, -0.2) is 103 Å². The van der Waals surface area contributed by atoms with Crippen LogP contribution in [0.25, 0.3) is 0 Å². The molecule has 0 amide bonds. The molecule has 1 aliphatic carbocycles. The van der Waals surface area contributed by atoms with Crippen LogP contribution < -0.4 is 5.32 Å². The number of aliphatic imine (C=N–C) groups is 2. The maximum Gasteiger partial charge on any atom is 0.340 e. The van der Waals surface area contributed by atoms with E-state index < -0.39 is 58.2 Å². The third kappa shape index (κ3) is 5.30. The molecule has 2 unspecified atom stereocenters. The predicted octanol–water partition coefficient (Wildman–Crippen LogP) is -1.22. The SMILES string of the molecule is O=P(O)(O)CP(=O)(O)OC[C@H]1O[C@@H](C2CN=C3C(NC4CCCC4)=NC=NN32)[C@H](O)[C@@H]1O. The summed E-state index contributed by atoms with van der Waals surface area (Å²) in [6.07, 6.45) is 0.825. The first-order valence-corrected chi connectivity index (χ1v) is 13.8. The van der Waals surface area contributed by atoms with Crippen LogP contribution >= 0.6 is 15.2 Å². The van der Waals surface area contributed by atoms with Gasteiger partial charge in [-0.3, -0.25) is 14.1 Å². The Labute approximate surface area is 183 Å². The fourth-order valence-corrected chi connectivity index (χ4v) is 6.88. The van der Waals surface area contributed by atoms with Crippen LogP contribution in [-0.2, 0) is 18.4 Å². The predicted molar refractivity (Wildman–Crippen MR) is 113 cm³/mol. The molecule has 0 bridgehead atoms. The Balaban J connectivity index is 1.37. The molecule has 2 fully saturated rings. The lowest BCUT2D eigenvalue weighted by Crippen LogP contribution is -2.52. The van der Waals surface area contributed by atoms with Crippen molar-refractivity contribution in [2.45, 2.75) is 62.2 Å².